The Morgan fingerprint density at radius 2 is 1.91 bits per heavy atom. The number of morpholine rings is 1. The highest BCUT2D eigenvalue weighted by molar-refractivity contribution is 5.99. The van der Waals surface area contributed by atoms with Gasteiger partial charge in [0, 0.05) is 37.8 Å². The van der Waals surface area contributed by atoms with Gasteiger partial charge in [-0.15, -0.1) is 0 Å². The third-order valence-corrected chi connectivity index (χ3v) is 7.10. The van der Waals surface area contributed by atoms with Gasteiger partial charge in [0.05, 0.1) is 18.9 Å². The number of hydrogen-bond acceptors (Lipinski definition) is 5. The summed E-state index contributed by atoms with van der Waals surface area (Å²) in [6, 6.07) is 5.62. The Bertz CT molecular complexity index is 785. The van der Waals surface area contributed by atoms with Crippen molar-refractivity contribution in [1.29, 1.82) is 0 Å². The summed E-state index contributed by atoms with van der Waals surface area (Å²) in [5.74, 6) is 1.62. The van der Waals surface area contributed by atoms with Crippen molar-refractivity contribution in [1.82, 2.24) is 4.90 Å². The zero-order valence-electron chi connectivity index (χ0n) is 19.3. The molecule has 0 atom stereocenters. The number of carbonyl (C=O) groups excluding carboxylic acids is 2. The number of unbranched alkanes of at least 4 members (excludes halogenated alkanes) is 1. The van der Waals surface area contributed by atoms with E-state index in [0.717, 1.165) is 75.8 Å². The molecule has 4 rings (SSSR count). The standard InChI is InChI=1S/C25H37N3O4/c1-2-3-4-19-5-7-20(8-6-19)25(30)26-21-9-10-23-22(17-21)28(24(29)18-32-23)12-11-27-13-15-31-16-14-27/h9-10,17,19-20H,2-8,11-16,18H2,1H3,(H,26,30). The lowest BCUT2D eigenvalue weighted by Gasteiger charge is -2.33. The molecule has 0 aromatic heterocycles. The van der Waals surface area contributed by atoms with E-state index >= 15 is 0 Å². The van der Waals surface area contributed by atoms with Crippen molar-refractivity contribution in [2.24, 2.45) is 11.8 Å². The Labute approximate surface area is 191 Å². The minimum absolute atomic E-state index is 0.0420. The highest BCUT2D eigenvalue weighted by Crippen LogP contribution is 2.36. The Kier molecular flexibility index (Phi) is 8.03. The van der Waals surface area contributed by atoms with Gasteiger partial charge in [-0.1, -0.05) is 26.2 Å². The van der Waals surface area contributed by atoms with Gasteiger partial charge < -0.3 is 19.7 Å². The molecule has 176 valence electrons. The van der Waals surface area contributed by atoms with Crippen LogP contribution in [0, 0.1) is 11.8 Å². The van der Waals surface area contributed by atoms with Gasteiger partial charge in [-0.2, -0.15) is 0 Å². The van der Waals surface area contributed by atoms with E-state index in [2.05, 4.69) is 17.1 Å². The maximum atomic E-state index is 12.9. The van der Waals surface area contributed by atoms with Gasteiger partial charge in [-0.05, 0) is 49.8 Å². The summed E-state index contributed by atoms with van der Waals surface area (Å²) in [6.45, 7) is 6.96. The molecule has 1 aromatic rings. The molecule has 2 heterocycles. The number of anilines is 2. The smallest absolute Gasteiger partial charge is 0.265 e. The topological polar surface area (TPSA) is 71.1 Å². The molecule has 1 aliphatic carbocycles. The summed E-state index contributed by atoms with van der Waals surface area (Å²) in [5, 5.41) is 3.10. The number of rotatable bonds is 8. The van der Waals surface area contributed by atoms with Gasteiger partial charge in [-0.3, -0.25) is 14.5 Å². The van der Waals surface area contributed by atoms with Gasteiger partial charge >= 0.3 is 0 Å². The highest BCUT2D eigenvalue weighted by Gasteiger charge is 2.28. The van der Waals surface area contributed by atoms with Crippen LogP contribution in [0.2, 0.25) is 0 Å². The number of carbonyl (C=O) groups is 2. The predicted octanol–water partition coefficient (Wildman–Crippen LogP) is 3.68. The Morgan fingerprint density at radius 1 is 1.12 bits per heavy atom. The lowest BCUT2D eigenvalue weighted by molar-refractivity contribution is -0.121. The van der Waals surface area contributed by atoms with Crippen molar-refractivity contribution in [3.05, 3.63) is 18.2 Å². The van der Waals surface area contributed by atoms with Crippen LogP contribution in [0.5, 0.6) is 5.75 Å². The number of fused-ring (bicyclic) bond motifs is 1. The molecular formula is C25H37N3O4. The highest BCUT2D eigenvalue weighted by atomic mass is 16.5. The Balaban J connectivity index is 1.36. The van der Waals surface area contributed by atoms with Crippen molar-refractivity contribution in [3.63, 3.8) is 0 Å². The second-order valence-electron chi connectivity index (χ2n) is 9.32. The molecule has 2 aliphatic heterocycles. The van der Waals surface area contributed by atoms with E-state index in [4.69, 9.17) is 9.47 Å². The van der Waals surface area contributed by atoms with Gasteiger partial charge in [0.2, 0.25) is 5.91 Å². The van der Waals surface area contributed by atoms with Gasteiger partial charge in [0.25, 0.3) is 5.91 Å². The number of nitrogens with zero attached hydrogens (tertiary/aromatic N) is 2. The minimum Gasteiger partial charge on any atom is -0.482 e. The second-order valence-corrected chi connectivity index (χ2v) is 9.32. The summed E-state index contributed by atoms with van der Waals surface area (Å²) in [7, 11) is 0. The fraction of sp³-hybridized carbons (Fsp3) is 0.680. The fourth-order valence-corrected chi connectivity index (χ4v) is 5.04. The second kappa shape index (κ2) is 11.1. The molecular weight excluding hydrogens is 406 g/mol. The molecule has 0 radical (unpaired) electrons. The third kappa shape index (κ3) is 5.81. The van der Waals surface area contributed by atoms with Crippen LogP contribution in [0.25, 0.3) is 0 Å². The summed E-state index contributed by atoms with van der Waals surface area (Å²) < 4.78 is 11.1. The number of nitrogens with one attached hydrogen (secondary N) is 1. The molecule has 1 N–H and O–H groups in total. The first-order chi connectivity index (χ1) is 15.6. The zero-order valence-corrected chi connectivity index (χ0v) is 19.3. The lowest BCUT2D eigenvalue weighted by atomic mass is 9.79. The molecule has 0 unspecified atom stereocenters. The van der Waals surface area contributed by atoms with E-state index in [1.54, 1.807) is 4.90 Å². The molecule has 0 bridgehead atoms. The van der Waals surface area contributed by atoms with Crippen LogP contribution in [-0.4, -0.2) is 62.7 Å². The Morgan fingerprint density at radius 3 is 2.66 bits per heavy atom. The van der Waals surface area contributed by atoms with Crippen LogP contribution in [0.1, 0.15) is 51.9 Å². The van der Waals surface area contributed by atoms with Crippen molar-refractivity contribution >= 4 is 23.2 Å². The maximum Gasteiger partial charge on any atom is 0.265 e. The SMILES string of the molecule is CCCCC1CCC(C(=O)Nc2ccc3c(c2)N(CCN2CCOCC2)C(=O)CO3)CC1. The van der Waals surface area contributed by atoms with Crippen molar-refractivity contribution in [3.8, 4) is 5.75 Å². The average Bonchev–Trinajstić information content (AvgIpc) is 2.83. The largest absolute Gasteiger partial charge is 0.482 e. The quantitative estimate of drug-likeness (QED) is 0.664. The van der Waals surface area contributed by atoms with Gasteiger partial charge in [0.1, 0.15) is 5.75 Å². The van der Waals surface area contributed by atoms with Gasteiger partial charge in [-0.25, -0.2) is 0 Å². The first-order valence-electron chi connectivity index (χ1n) is 12.3. The van der Waals surface area contributed by atoms with E-state index < -0.39 is 0 Å². The van der Waals surface area contributed by atoms with Gasteiger partial charge in [0.15, 0.2) is 6.61 Å². The average molecular weight is 444 g/mol. The number of benzene rings is 1. The molecule has 1 saturated heterocycles. The van der Waals surface area contributed by atoms with E-state index in [-0.39, 0.29) is 24.3 Å². The minimum atomic E-state index is -0.0420. The van der Waals surface area contributed by atoms with E-state index in [1.165, 1.54) is 19.3 Å². The van der Waals surface area contributed by atoms with Crippen molar-refractivity contribution in [2.75, 3.05) is 56.2 Å². The number of hydrogen-bond donors (Lipinski definition) is 1. The summed E-state index contributed by atoms with van der Waals surface area (Å²) in [5.41, 5.74) is 1.48. The number of ether oxygens (including phenoxy) is 2. The Hall–Kier alpha value is -2.12. The normalized spacial score (nSPS) is 24.0. The molecule has 2 fully saturated rings. The predicted molar refractivity (Wildman–Crippen MR) is 125 cm³/mol. The number of amides is 2. The molecule has 2 amide bonds. The summed E-state index contributed by atoms with van der Waals surface area (Å²) in [6.07, 6.45) is 8.08. The molecule has 3 aliphatic rings. The molecule has 32 heavy (non-hydrogen) atoms. The van der Waals surface area contributed by atoms with Crippen LogP contribution in [0.3, 0.4) is 0 Å². The van der Waals surface area contributed by atoms with E-state index in [1.807, 2.05) is 18.2 Å². The first-order valence-corrected chi connectivity index (χ1v) is 12.3. The fourth-order valence-electron chi connectivity index (χ4n) is 5.04. The van der Waals surface area contributed by atoms with Crippen molar-refractivity contribution < 1.29 is 19.1 Å². The first kappa shape index (κ1) is 23.1. The molecule has 7 nitrogen and oxygen atoms in total. The molecule has 1 saturated carbocycles. The summed E-state index contributed by atoms with van der Waals surface area (Å²) in [4.78, 5) is 29.6. The van der Waals surface area contributed by atoms with E-state index in [0.29, 0.717) is 12.3 Å². The maximum absolute atomic E-state index is 12.9. The molecule has 1 aromatic carbocycles. The van der Waals surface area contributed by atoms with Crippen LogP contribution in [-0.2, 0) is 14.3 Å². The van der Waals surface area contributed by atoms with Crippen LogP contribution in [0.15, 0.2) is 18.2 Å². The van der Waals surface area contributed by atoms with E-state index in [9.17, 15) is 9.59 Å². The van der Waals surface area contributed by atoms with Crippen molar-refractivity contribution in [2.45, 2.75) is 51.9 Å². The monoisotopic (exact) mass is 443 g/mol. The van der Waals surface area contributed by atoms with Crippen LogP contribution in [0.4, 0.5) is 11.4 Å². The van der Waals surface area contributed by atoms with Crippen LogP contribution >= 0.6 is 0 Å². The molecule has 0 spiro atoms. The molecule has 7 heteroatoms. The summed E-state index contributed by atoms with van der Waals surface area (Å²) >= 11 is 0. The third-order valence-electron chi connectivity index (χ3n) is 7.10. The van der Waals surface area contributed by atoms with Crippen LogP contribution < -0.4 is 15.0 Å². The zero-order chi connectivity index (χ0) is 22.3. The lowest BCUT2D eigenvalue weighted by Crippen LogP contribution is -2.46.